The Balaban J connectivity index is 2.15. The normalized spacial score (nSPS) is 9.33. The lowest BCUT2D eigenvalue weighted by Gasteiger charge is -2.08. The molecule has 0 saturated heterocycles. The zero-order valence-corrected chi connectivity index (χ0v) is 11.5. The number of nitriles is 1. The van der Waals surface area contributed by atoms with Crippen molar-refractivity contribution >= 4 is 0 Å². The zero-order valence-electron chi connectivity index (χ0n) is 11.5. The summed E-state index contributed by atoms with van der Waals surface area (Å²) in [5.74, 6) is 6.31. The Hall–Kier alpha value is -2.75. The van der Waals surface area contributed by atoms with Crippen molar-refractivity contribution in [3.8, 4) is 23.7 Å². The van der Waals surface area contributed by atoms with Gasteiger partial charge in [0.05, 0.1) is 12.2 Å². The molecule has 104 valence electrons. The first-order valence-electron chi connectivity index (χ1n) is 6.64. The number of hydrogen-bond donors (Lipinski definition) is 1. The maximum Gasteiger partial charge on any atom is 0.138 e. The number of rotatable bonds is 4. The van der Waals surface area contributed by atoms with Crippen LogP contribution in [0.2, 0.25) is 0 Å². The van der Waals surface area contributed by atoms with Gasteiger partial charge in [-0.05, 0) is 23.8 Å². The maximum atomic E-state index is 9.12. The van der Waals surface area contributed by atoms with E-state index in [1.54, 1.807) is 18.2 Å². The molecule has 2 aromatic rings. The number of benzene rings is 2. The molecular formula is C18H15NO2. The molecule has 0 saturated carbocycles. The SMILES string of the molecule is N#Cc1ccc(C#CCCO)cc1OCc1ccccc1. The number of ether oxygens (including phenoxy) is 1. The zero-order chi connectivity index (χ0) is 14.9. The molecule has 0 aliphatic heterocycles. The summed E-state index contributed by atoms with van der Waals surface area (Å²) in [6, 6.07) is 17.1. The average Bonchev–Trinajstić information content (AvgIpc) is 2.54. The van der Waals surface area contributed by atoms with E-state index in [0.717, 1.165) is 11.1 Å². The summed E-state index contributed by atoms with van der Waals surface area (Å²) in [6.07, 6.45) is 0.431. The van der Waals surface area contributed by atoms with Crippen molar-refractivity contribution in [2.75, 3.05) is 6.61 Å². The van der Waals surface area contributed by atoms with Crippen LogP contribution < -0.4 is 4.74 Å². The Morgan fingerprint density at radius 1 is 1.10 bits per heavy atom. The van der Waals surface area contributed by atoms with Gasteiger partial charge in [0, 0.05) is 12.0 Å². The molecule has 0 aromatic heterocycles. The summed E-state index contributed by atoms with van der Waals surface area (Å²) in [4.78, 5) is 0. The Labute approximate surface area is 124 Å². The molecule has 0 aliphatic rings. The molecule has 3 heteroatoms. The van der Waals surface area contributed by atoms with Gasteiger partial charge < -0.3 is 9.84 Å². The van der Waals surface area contributed by atoms with Crippen LogP contribution in [0.1, 0.15) is 23.1 Å². The highest BCUT2D eigenvalue weighted by Gasteiger charge is 2.04. The molecule has 0 heterocycles. The third-order valence-electron chi connectivity index (χ3n) is 2.81. The number of nitrogens with zero attached hydrogens (tertiary/aromatic N) is 1. The fraction of sp³-hybridized carbons (Fsp3) is 0.167. The van der Waals surface area contributed by atoms with Gasteiger partial charge in [-0.15, -0.1) is 0 Å². The predicted molar refractivity (Wildman–Crippen MR) is 80.5 cm³/mol. The van der Waals surface area contributed by atoms with Crippen LogP contribution in [-0.4, -0.2) is 11.7 Å². The summed E-state index contributed by atoms with van der Waals surface area (Å²) >= 11 is 0. The fourth-order valence-electron chi connectivity index (χ4n) is 1.77. The summed E-state index contributed by atoms with van der Waals surface area (Å²) in [5, 5.41) is 17.8. The van der Waals surface area contributed by atoms with Crippen molar-refractivity contribution in [3.63, 3.8) is 0 Å². The quantitative estimate of drug-likeness (QED) is 0.874. The van der Waals surface area contributed by atoms with Gasteiger partial charge in [-0.25, -0.2) is 0 Å². The lowest BCUT2D eigenvalue weighted by Crippen LogP contribution is -1.97. The first kappa shape index (κ1) is 14.7. The summed E-state index contributed by atoms with van der Waals surface area (Å²) in [5.41, 5.74) is 2.29. The Morgan fingerprint density at radius 3 is 2.62 bits per heavy atom. The van der Waals surface area contributed by atoms with Crippen molar-refractivity contribution in [2.24, 2.45) is 0 Å². The summed E-state index contributed by atoms with van der Waals surface area (Å²) in [7, 11) is 0. The van der Waals surface area contributed by atoms with Crippen LogP contribution in [0.25, 0.3) is 0 Å². The minimum atomic E-state index is 0.0423. The van der Waals surface area contributed by atoms with Crippen molar-refractivity contribution < 1.29 is 9.84 Å². The van der Waals surface area contributed by atoms with E-state index in [2.05, 4.69) is 17.9 Å². The second kappa shape index (κ2) is 7.75. The van der Waals surface area contributed by atoms with Gasteiger partial charge in [-0.2, -0.15) is 5.26 Å². The highest BCUT2D eigenvalue weighted by molar-refractivity contribution is 5.49. The molecule has 0 spiro atoms. The van der Waals surface area contributed by atoms with Crippen molar-refractivity contribution in [2.45, 2.75) is 13.0 Å². The van der Waals surface area contributed by atoms with Crippen LogP contribution >= 0.6 is 0 Å². The number of aliphatic hydroxyl groups excluding tert-OH is 1. The summed E-state index contributed by atoms with van der Waals surface area (Å²) in [6.45, 7) is 0.448. The maximum absolute atomic E-state index is 9.12. The first-order valence-corrected chi connectivity index (χ1v) is 6.64. The van der Waals surface area contributed by atoms with E-state index in [1.807, 2.05) is 30.3 Å². The van der Waals surface area contributed by atoms with E-state index in [4.69, 9.17) is 15.1 Å². The molecule has 0 amide bonds. The minimum absolute atomic E-state index is 0.0423. The molecule has 1 N–H and O–H groups in total. The van der Waals surface area contributed by atoms with Crippen molar-refractivity contribution in [1.29, 1.82) is 5.26 Å². The third-order valence-corrected chi connectivity index (χ3v) is 2.81. The van der Waals surface area contributed by atoms with Gasteiger partial charge >= 0.3 is 0 Å². The van der Waals surface area contributed by atoms with E-state index >= 15 is 0 Å². The predicted octanol–water partition coefficient (Wildman–Crippen LogP) is 2.87. The molecule has 21 heavy (non-hydrogen) atoms. The molecule has 0 atom stereocenters. The lowest BCUT2D eigenvalue weighted by molar-refractivity contribution is 0.305. The minimum Gasteiger partial charge on any atom is -0.487 e. The first-order chi connectivity index (χ1) is 10.3. The van der Waals surface area contributed by atoms with Crippen LogP contribution in [-0.2, 0) is 6.61 Å². The van der Waals surface area contributed by atoms with Gasteiger partial charge in [0.1, 0.15) is 18.4 Å². The smallest absolute Gasteiger partial charge is 0.138 e. The van der Waals surface area contributed by atoms with E-state index in [0.29, 0.717) is 24.3 Å². The van der Waals surface area contributed by atoms with E-state index in [9.17, 15) is 0 Å². The largest absolute Gasteiger partial charge is 0.487 e. The Kier molecular flexibility index (Phi) is 5.41. The van der Waals surface area contributed by atoms with Gasteiger partial charge in [-0.1, -0.05) is 42.2 Å². The van der Waals surface area contributed by atoms with E-state index in [1.165, 1.54) is 0 Å². The van der Waals surface area contributed by atoms with Crippen LogP contribution in [0.4, 0.5) is 0 Å². The molecule has 0 bridgehead atoms. The standard InChI is InChI=1S/C18H15NO2/c19-13-17-10-9-15(6-4-5-11-20)12-18(17)21-14-16-7-2-1-3-8-16/h1-3,7-10,12,20H,5,11,14H2. The highest BCUT2D eigenvalue weighted by atomic mass is 16.5. The lowest BCUT2D eigenvalue weighted by atomic mass is 10.1. The van der Waals surface area contributed by atoms with Crippen molar-refractivity contribution in [3.05, 3.63) is 65.2 Å². The molecule has 0 unspecified atom stereocenters. The third kappa shape index (κ3) is 4.38. The van der Waals surface area contributed by atoms with Gasteiger partial charge in [0.15, 0.2) is 0 Å². The number of aliphatic hydroxyl groups is 1. The molecule has 0 radical (unpaired) electrons. The van der Waals surface area contributed by atoms with Crippen LogP contribution in [0.15, 0.2) is 48.5 Å². The van der Waals surface area contributed by atoms with Crippen LogP contribution in [0.5, 0.6) is 5.75 Å². The van der Waals surface area contributed by atoms with Gasteiger partial charge in [-0.3, -0.25) is 0 Å². The molecule has 2 rings (SSSR count). The van der Waals surface area contributed by atoms with Crippen molar-refractivity contribution in [1.82, 2.24) is 0 Å². The molecule has 2 aromatic carbocycles. The van der Waals surface area contributed by atoms with E-state index < -0.39 is 0 Å². The van der Waals surface area contributed by atoms with Gasteiger partial charge in [0.2, 0.25) is 0 Å². The van der Waals surface area contributed by atoms with Gasteiger partial charge in [0.25, 0.3) is 0 Å². The Morgan fingerprint density at radius 2 is 1.90 bits per heavy atom. The highest BCUT2D eigenvalue weighted by Crippen LogP contribution is 2.20. The fourth-order valence-corrected chi connectivity index (χ4v) is 1.77. The second-order valence-electron chi connectivity index (χ2n) is 4.37. The second-order valence-corrected chi connectivity index (χ2v) is 4.37. The molecule has 0 fully saturated rings. The van der Waals surface area contributed by atoms with Crippen LogP contribution in [0.3, 0.4) is 0 Å². The molecule has 3 nitrogen and oxygen atoms in total. The monoisotopic (exact) mass is 277 g/mol. The Bertz CT molecular complexity index is 691. The summed E-state index contributed by atoms with van der Waals surface area (Å²) < 4.78 is 5.72. The average molecular weight is 277 g/mol. The van der Waals surface area contributed by atoms with Crippen LogP contribution in [0, 0.1) is 23.2 Å². The topological polar surface area (TPSA) is 53.2 Å². The van der Waals surface area contributed by atoms with E-state index in [-0.39, 0.29) is 6.61 Å². The molecular weight excluding hydrogens is 262 g/mol. The molecule has 0 aliphatic carbocycles. The number of hydrogen-bond acceptors (Lipinski definition) is 3.